The highest BCUT2D eigenvalue weighted by Gasteiger charge is 2.25. The van der Waals surface area contributed by atoms with Gasteiger partial charge in [-0.05, 0) is 76.7 Å². The first kappa shape index (κ1) is 54.6. The van der Waals surface area contributed by atoms with Crippen molar-refractivity contribution in [1.82, 2.24) is 0 Å². The molecule has 0 aliphatic carbocycles. The molecule has 0 aliphatic heterocycles. The highest BCUT2D eigenvalue weighted by molar-refractivity contribution is 7.47. The number of unbranched alkanes of at least 4 members (excludes halogenated alkanes) is 28. The summed E-state index contributed by atoms with van der Waals surface area (Å²) < 4.78 is 33.2. The number of ether oxygens (including phenoxy) is 2. The number of allylic oxidation sites excluding steroid dienone is 5. The Morgan fingerprint density at radius 1 is 0.536 bits per heavy atom. The molecule has 0 saturated heterocycles. The van der Waals surface area contributed by atoms with Crippen LogP contribution in [0.4, 0.5) is 0 Å². The van der Waals surface area contributed by atoms with Gasteiger partial charge in [0, 0.05) is 13.0 Å². The summed E-state index contributed by atoms with van der Waals surface area (Å²) in [5.74, 6) is -0.354. The molecule has 0 aromatic rings. The van der Waals surface area contributed by atoms with E-state index in [1.807, 2.05) is 6.08 Å². The molecule has 0 radical (unpaired) electrons. The zero-order valence-corrected chi connectivity index (χ0v) is 37.5. The van der Waals surface area contributed by atoms with Gasteiger partial charge in [-0.25, -0.2) is 4.57 Å². The molecule has 0 spiro atoms. The van der Waals surface area contributed by atoms with Crippen molar-refractivity contribution < 1.29 is 32.8 Å². The Bertz CT molecular complexity index is 957. The van der Waals surface area contributed by atoms with Gasteiger partial charge in [0.05, 0.1) is 19.5 Å². The van der Waals surface area contributed by atoms with Gasteiger partial charge < -0.3 is 20.1 Å². The number of hydrogen-bond acceptors (Lipinski definition) is 7. The van der Waals surface area contributed by atoms with Gasteiger partial charge in [0.15, 0.2) is 6.10 Å². The van der Waals surface area contributed by atoms with Crippen molar-refractivity contribution in [2.75, 3.05) is 26.4 Å². The van der Waals surface area contributed by atoms with E-state index in [-0.39, 0.29) is 32.3 Å². The lowest BCUT2D eigenvalue weighted by Crippen LogP contribution is -2.27. The molecule has 8 nitrogen and oxygen atoms in total. The van der Waals surface area contributed by atoms with E-state index in [1.165, 1.54) is 167 Å². The second-order valence-electron chi connectivity index (χ2n) is 15.7. The van der Waals surface area contributed by atoms with Gasteiger partial charge in [-0.3, -0.25) is 13.8 Å². The van der Waals surface area contributed by atoms with Crippen LogP contribution >= 0.6 is 7.82 Å². The molecule has 1 unspecified atom stereocenters. The maximum atomic E-state index is 12.6. The van der Waals surface area contributed by atoms with Crippen LogP contribution < -0.4 is 5.73 Å². The Labute approximate surface area is 346 Å². The van der Waals surface area contributed by atoms with Crippen LogP contribution in [-0.2, 0) is 27.9 Å². The second kappa shape index (κ2) is 44.7. The molecular formula is C47H90NO7P. The molecule has 0 aromatic carbocycles. The molecule has 2 atom stereocenters. The number of esters is 1. The topological polar surface area (TPSA) is 117 Å². The molecule has 0 rings (SSSR count). The Morgan fingerprint density at radius 3 is 1.32 bits per heavy atom. The number of nitrogens with two attached hydrogens (primary N) is 1. The van der Waals surface area contributed by atoms with Gasteiger partial charge in [0.25, 0.3) is 0 Å². The van der Waals surface area contributed by atoms with Crippen LogP contribution in [0.1, 0.15) is 226 Å². The van der Waals surface area contributed by atoms with Crippen molar-refractivity contribution in [2.45, 2.75) is 232 Å². The minimum atomic E-state index is -4.30. The van der Waals surface area contributed by atoms with Crippen molar-refractivity contribution in [3.8, 4) is 0 Å². The molecule has 0 amide bonds. The summed E-state index contributed by atoms with van der Waals surface area (Å²) in [6, 6.07) is 0. The Kier molecular flexibility index (Phi) is 43.5. The minimum Gasteiger partial charge on any atom is -0.498 e. The van der Waals surface area contributed by atoms with Gasteiger partial charge in [0.1, 0.15) is 6.61 Å². The van der Waals surface area contributed by atoms with E-state index in [0.29, 0.717) is 6.42 Å². The normalized spacial score (nSPS) is 13.6. The number of hydrogen-bond donors (Lipinski definition) is 2. The highest BCUT2D eigenvalue weighted by Crippen LogP contribution is 2.43. The zero-order valence-electron chi connectivity index (χ0n) is 36.6. The smallest absolute Gasteiger partial charge is 0.472 e. The van der Waals surface area contributed by atoms with Crippen LogP contribution in [0.2, 0.25) is 0 Å². The summed E-state index contributed by atoms with van der Waals surface area (Å²) in [5.41, 5.74) is 5.37. The lowest BCUT2D eigenvalue weighted by atomic mass is 10.0. The molecule has 9 heteroatoms. The predicted octanol–water partition coefficient (Wildman–Crippen LogP) is 14.5. The van der Waals surface area contributed by atoms with Crippen LogP contribution in [0.15, 0.2) is 36.6 Å². The summed E-state index contributed by atoms with van der Waals surface area (Å²) >= 11 is 0. The molecule has 0 aliphatic rings. The maximum Gasteiger partial charge on any atom is 0.472 e. The van der Waals surface area contributed by atoms with Gasteiger partial charge >= 0.3 is 13.8 Å². The summed E-state index contributed by atoms with van der Waals surface area (Å²) in [7, 11) is -4.30. The molecule has 0 fully saturated rings. The number of phosphoric ester groups is 1. The van der Waals surface area contributed by atoms with E-state index >= 15 is 0 Å². The maximum absolute atomic E-state index is 12.6. The lowest BCUT2D eigenvalue weighted by molar-refractivity contribution is -0.153. The fourth-order valence-electron chi connectivity index (χ4n) is 6.60. The van der Waals surface area contributed by atoms with Gasteiger partial charge in [-0.15, -0.1) is 0 Å². The van der Waals surface area contributed by atoms with Crippen LogP contribution in [0.5, 0.6) is 0 Å². The van der Waals surface area contributed by atoms with Crippen LogP contribution in [-0.4, -0.2) is 43.3 Å². The van der Waals surface area contributed by atoms with Crippen molar-refractivity contribution >= 4 is 13.8 Å². The Balaban J connectivity index is 4.02. The van der Waals surface area contributed by atoms with E-state index in [1.54, 1.807) is 6.26 Å². The van der Waals surface area contributed by atoms with Gasteiger partial charge in [-0.2, -0.15) is 0 Å². The second-order valence-corrected chi connectivity index (χ2v) is 17.1. The molecule has 330 valence electrons. The average Bonchev–Trinajstić information content (AvgIpc) is 3.19. The van der Waals surface area contributed by atoms with Crippen molar-refractivity contribution in [3.63, 3.8) is 0 Å². The fraction of sp³-hybridized carbons (Fsp3) is 0.851. The summed E-state index contributed by atoms with van der Waals surface area (Å²) in [4.78, 5) is 22.5. The van der Waals surface area contributed by atoms with E-state index in [4.69, 9.17) is 24.3 Å². The predicted molar refractivity (Wildman–Crippen MR) is 238 cm³/mol. The Hall–Kier alpha value is -1.44. The SMILES string of the molecule is CCCCCCCC/C=C\CCCCCC/C=C\OC[C@H](COP(=O)(O)OCCN)OC(=O)CCCCCCCCCCCCC/C=C\CCCCCCCC. The first-order valence-electron chi connectivity index (χ1n) is 23.5. The molecule has 0 bridgehead atoms. The summed E-state index contributed by atoms with van der Waals surface area (Å²) in [5, 5.41) is 0. The zero-order chi connectivity index (χ0) is 40.9. The number of carbonyl (C=O) groups excluding carboxylic acids is 1. The van der Waals surface area contributed by atoms with Crippen LogP contribution in [0.3, 0.4) is 0 Å². The third kappa shape index (κ3) is 43.7. The van der Waals surface area contributed by atoms with Gasteiger partial charge in [-0.1, -0.05) is 173 Å². The molecular weight excluding hydrogens is 721 g/mol. The Morgan fingerprint density at radius 2 is 0.911 bits per heavy atom. The third-order valence-corrected chi connectivity index (χ3v) is 11.1. The quantitative estimate of drug-likeness (QED) is 0.0205. The first-order chi connectivity index (χ1) is 27.4. The molecule has 0 aromatic heterocycles. The lowest BCUT2D eigenvalue weighted by Gasteiger charge is -2.19. The van der Waals surface area contributed by atoms with E-state index in [0.717, 1.165) is 38.5 Å². The molecule has 3 N–H and O–H groups in total. The van der Waals surface area contributed by atoms with E-state index in [2.05, 4.69) is 38.2 Å². The molecule has 0 saturated carbocycles. The van der Waals surface area contributed by atoms with Gasteiger partial charge in [0.2, 0.25) is 0 Å². The number of rotatable bonds is 45. The molecule has 0 heterocycles. The first-order valence-corrected chi connectivity index (χ1v) is 25.0. The fourth-order valence-corrected chi connectivity index (χ4v) is 7.36. The third-order valence-electron chi connectivity index (χ3n) is 10.1. The summed E-state index contributed by atoms with van der Waals surface area (Å²) in [6.45, 7) is 4.24. The van der Waals surface area contributed by atoms with E-state index < -0.39 is 13.9 Å². The van der Waals surface area contributed by atoms with Crippen molar-refractivity contribution in [1.29, 1.82) is 0 Å². The minimum absolute atomic E-state index is 0.0283. The monoisotopic (exact) mass is 812 g/mol. The van der Waals surface area contributed by atoms with Crippen molar-refractivity contribution in [3.05, 3.63) is 36.6 Å². The summed E-state index contributed by atoms with van der Waals surface area (Å²) in [6.07, 6.45) is 52.6. The van der Waals surface area contributed by atoms with Crippen LogP contribution in [0.25, 0.3) is 0 Å². The van der Waals surface area contributed by atoms with Crippen molar-refractivity contribution in [2.24, 2.45) is 5.73 Å². The highest BCUT2D eigenvalue weighted by atomic mass is 31.2. The van der Waals surface area contributed by atoms with E-state index in [9.17, 15) is 14.3 Å². The largest absolute Gasteiger partial charge is 0.498 e. The number of carbonyl (C=O) groups is 1. The molecule has 56 heavy (non-hydrogen) atoms. The standard InChI is InChI=1S/C47H90NO7P/c1-3-5-7-9-11-13-15-17-19-21-22-23-24-25-26-28-30-32-34-36-38-40-47(49)55-46(45-54-56(50,51)53-43-41-48)44-52-42-39-37-35-33-31-29-27-20-18-16-14-12-10-8-6-4-2/h17-20,39,42,46H,3-16,21-38,40-41,43-45,48H2,1-2H3,(H,50,51)/b19-17-,20-18-,42-39-/t46-/m1/s1. The average molecular weight is 812 g/mol. The number of phosphoric acid groups is 1. The van der Waals surface area contributed by atoms with Crippen LogP contribution in [0, 0.1) is 0 Å².